The summed E-state index contributed by atoms with van der Waals surface area (Å²) in [7, 11) is 0. The number of amides is 1. The van der Waals surface area contributed by atoms with E-state index in [1.807, 2.05) is 36.6 Å². The second-order valence-electron chi connectivity index (χ2n) is 6.73. The zero-order valence-corrected chi connectivity index (χ0v) is 18.5. The summed E-state index contributed by atoms with van der Waals surface area (Å²) in [4.78, 5) is 37.7. The first kappa shape index (κ1) is 22.3. The summed E-state index contributed by atoms with van der Waals surface area (Å²) in [6.45, 7) is 5.85. The van der Waals surface area contributed by atoms with E-state index in [0.29, 0.717) is 22.7 Å². The number of benzene rings is 1. The van der Waals surface area contributed by atoms with Gasteiger partial charge in [-0.2, -0.15) is 0 Å². The molecule has 0 aliphatic heterocycles. The molecular weight excluding hydrogens is 416 g/mol. The molecule has 0 aliphatic carbocycles. The average molecular weight is 441 g/mol. The molecule has 1 amide bonds. The highest BCUT2D eigenvalue weighted by atomic mass is 32.1. The van der Waals surface area contributed by atoms with E-state index in [-0.39, 0.29) is 18.9 Å². The Balaban J connectivity index is 1.88. The molecule has 2 aromatic heterocycles. The Bertz CT molecular complexity index is 1130. The van der Waals surface area contributed by atoms with Gasteiger partial charge in [-0.25, -0.2) is 4.79 Å². The van der Waals surface area contributed by atoms with Gasteiger partial charge in [-0.05, 0) is 38.5 Å². The molecular formula is C23H24N2O5S. The maximum atomic E-state index is 12.7. The molecule has 0 aliphatic rings. The predicted molar refractivity (Wildman–Crippen MR) is 121 cm³/mol. The van der Waals surface area contributed by atoms with Crippen molar-refractivity contribution < 1.29 is 19.1 Å². The number of esters is 1. The number of nitrogens with zero attached hydrogens (tertiary/aromatic N) is 1. The van der Waals surface area contributed by atoms with E-state index in [1.165, 1.54) is 22.1 Å². The van der Waals surface area contributed by atoms with Crippen molar-refractivity contribution >= 4 is 28.2 Å². The van der Waals surface area contributed by atoms with Crippen LogP contribution >= 0.6 is 11.3 Å². The molecule has 0 saturated carbocycles. The lowest BCUT2D eigenvalue weighted by Gasteiger charge is -2.11. The first-order chi connectivity index (χ1) is 14.9. The van der Waals surface area contributed by atoms with Crippen LogP contribution in [0.3, 0.4) is 0 Å². The topological polar surface area (TPSA) is 86.6 Å². The summed E-state index contributed by atoms with van der Waals surface area (Å²) in [5.74, 6) is -0.758. The fourth-order valence-electron chi connectivity index (χ4n) is 3.03. The van der Waals surface area contributed by atoms with Crippen LogP contribution in [0.4, 0.5) is 5.00 Å². The van der Waals surface area contributed by atoms with Gasteiger partial charge in [0.25, 0.3) is 5.56 Å². The minimum absolute atomic E-state index is 0.183. The van der Waals surface area contributed by atoms with Gasteiger partial charge in [-0.15, -0.1) is 11.3 Å². The molecule has 8 heteroatoms. The first-order valence-corrected chi connectivity index (χ1v) is 10.8. The van der Waals surface area contributed by atoms with Gasteiger partial charge >= 0.3 is 5.97 Å². The second-order valence-corrected chi connectivity index (χ2v) is 7.61. The Morgan fingerprint density at radius 2 is 1.84 bits per heavy atom. The molecule has 3 rings (SSSR count). The molecule has 0 fully saturated rings. The highest BCUT2D eigenvalue weighted by Crippen LogP contribution is 2.36. The number of aryl methyl sites for hydroxylation is 1. The van der Waals surface area contributed by atoms with Crippen LogP contribution in [0.2, 0.25) is 0 Å². The van der Waals surface area contributed by atoms with Crippen LogP contribution in [-0.2, 0) is 16.1 Å². The summed E-state index contributed by atoms with van der Waals surface area (Å²) in [5.41, 5.74) is 2.56. The van der Waals surface area contributed by atoms with Gasteiger partial charge < -0.3 is 19.4 Å². The number of carbonyl (C=O) groups is 2. The van der Waals surface area contributed by atoms with Crippen molar-refractivity contribution in [3.63, 3.8) is 0 Å². The van der Waals surface area contributed by atoms with E-state index in [1.54, 1.807) is 26.0 Å². The molecule has 0 unspecified atom stereocenters. The van der Waals surface area contributed by atoms with E-state index in [0.717, 1.165) is 11.1 Å². The smallest absolute Gasteiger partial charge is 0.341 e. The normalized spacial score (nSPS) is 10.5. The summed E-state index contributed by atoms with van der Waals surface area (Å²) in [6.07, 6.45) is 1.52. The minimum atomic E-state index is -0.509. The lowest BCUT2D eigenvalue weighted by Crippen LogP contribution is -2.28. The van der Waals surface area contributed by atoms with E-state index in [2.05, 4.69) is 5.32 Å². The fourth-order valence-corrected chi connectivity index (χ4v) is 4.00. The molecule has 3 aromatic rings. The number of hydrogen-bond acceptors (Lipinski definition) is 6. The number of pyridine rings is 1. The van der Waals surface area contributed by atoms with Gasteiger partial charge in [0.15, 0.2) is 5.75 Å². The van der Waals surface area contributed by atoms with Crippen molar-refractivity contribution in [1.29, 1.82) is 0 Å². The van der Waals surface area contributed by atoms with Crippen LogP contribution in [-0.4, -0.2) is 29.7 Å². The maximum absolute atomic E-state index is 12.7. The first-order valence-electron chi connectivity index (χ1n) is 9.92. The molecule has 31 heavy (non-hydrogen) atoms. The third kappa shape index (κ3) is 5.21. The molecule has 2 heterocycles. The Hall–Kier alpha value is -3.39. The number of thiophene rings is 1. The summed E-state index contributed by atoms with van der Waals surface area (Å²) in [6, 6.07) is 11.0. The zero-order chi connectivity index (χ0) is 22.4. The van der Waals surface area contributed by atoms with Crippen molar-refractivity contribution in [1.82, 2.24) is 4.57 Å². The summed E-state index contributed by atoms with van der Waals surface area (Å²) < 4.78 is 11.8. The quantitative estimate of drug-likeness (QED) is 0.533. The molecule has 0 atom stereocenters. The van der Waals surface area contributed by atoms with Gasteiger partial charge in [0.2, 0.25) is 5.91 Å². The van der Waals surface area contributed by atoms with Gasteiger partial charge in [0, 0.05) is 17.1 Å². The van der Waals surface area contributed by atoms with Gasteiger partial charge in [0.05, 0.1) is 13.2 Å². The van der Waals surface area contributed by atoms with Crippen molar-refractivity contribution in [2.24, 2.45) is 0 Å². The van der Waals surface area contributed by atoms with Crippen molar-refractivity contribution in [2.45, 2.75) is 27.3 Å². The number of anilines is 1. The van der Waals surface area contributed by atoms with Crippen molar-refractivity contribution in [3.05, 3.63) is 69.5 Å². The number of hydrogen-bond donors (Lipinski definition) is 1. The number of rotatable bonds is 8. The fraction of sp³-hybridized carbons (Fsp3) is 0.261. The SMILES string of the molecule is CCOC(=O)c1c(-c2ccc(C)cc2)csc1NC(=O)Cn1cccc(OCC)c1=O. The molecule has 7 nitrogen and oxygen atoms in total. The van der Waals surface area contributed by atoms with Crippen molar-refractivity contribution in [2.75, 3.05) is 18.5 Å². The highest BCUT2D eigenvalue weighted by molar-refractivity contribution is 7.15. The van der Waals surface area contributed by atoms with Gasteiger partial charge in [-0.1, -0.05) is 29.8 Å². The second kappa shape index (κ2) is 10.1. The highest BCUT2D eigenvalue weighted by Gasteiger charge is 2.23. The van der Waals surface area contributed by atoms with Gasteiger partial charge in [-0.3, -0.25) is 9.59 Å². The predicted octanol–water partition coefficient (Wildman–Crippen LogP) is 4.10. The van der Waals surface area contributed by atoms with Crippen LogP contribution in [0.15, 0.2) is 52.8 Å². The number of ether oxygens (including phenoxy) is 2. The van der Waals surface area contributed by atoms with E-state index < -0.39 is 17.4 Å². The van der Waals surface area contributed by atoms with Crippen LogP contribution < -0.4 is 15.6 Å². The van der Waals surface area contributed by atoms with Crippen LogP contribution in [0.1, 0.15) is 29.8 Å². The summed E-state index contributed by atoms with van der Waals surface area (Å²) in [5, 5.41) is 4.95. The minimum Gasteiger partial charge on any atom is -0.488 e. The molecule has 1 N–H and O–H groups in total. The zero-order valence-electron chi connectivity index (χ0n) is 17.6. The molecule has 0 spiro atoms. The van der Waals surface area contributed by atoms with Crippen LogP contribution in [0.5, 0.6) is 5.75 Å². The molecule has 162 valence electrons. The summed E-state index contributed by atoms with van der Waals surface area (Å²) >= 11 is 1.24. The van der Waals surface area contributed by atoms with E-state index in [9.17, 15) is 14.4 Å². The van der Waals surface area contributed by atoms with Gasteiger partial charge in [0.1, 0.15) is 17.1 Å². The monoisotopic (exact) mass is 440 g/mol. The van der Waals surface area contributed by atoms with E-state index >= 15 is 0 Å². The lowest BCUT2D eigenvalue weighted by atomic mass is 10.0. The molecule has 0 radical (unpaired) electrons. The van der Waals surface area contributed by atoms with E-state index in [4.69, 9.17) is 9.47 Å². The maximum Gasteiger partial charge on any atom is 0.341 e. The molecule has 1 aromatic carbocycles. The Morgan fingerprint density at radius 3 is 2.52 bits per heavy atom. The number of nitrogens with one attached hydrogen (secondary N) is 1. The van der Waals surface area contributed by atoms with Crippen LogP contribution in [0, 0.1) is 6.92 Å². The Morgan fingerprint density at radius 1 is 1.10 bits per heavy atom. The number of aromatic nitrogens is 1. The largest absolute Gasteiger partial charge is 0.488 e. The number of carbonyl (C=O) groups excluding carboxylic acids is 2. The average Bonchev–Trinajstić information content (AvgIpc) is 3.15. The third-order valence-electron chi connectivity index (χ3n) is 4.49. The molecule has 0 saturated heterocycles. The lowest BCUT2D eigenvalue weighted by molar-refractivity contribution is -0.116. The molecule has 0 bridgehead atoms. The standard InChI is InChI=1S/C23H24N2O5S/c1-4-29-18-7-6-12-25(22(18)27)13-19(26)24-21-20(23(28)30-5-2)17(14-31-21)16-10-8-15(3)9-11-16/h6-12,14H,4-5,13H2,1-3H3,(H,24,26). The Labute approximate surface area is 184 Å². The Kier molecular flexibility index (Phi) is 7.25. The third-order valence-corrected chi connectivity index (χ3v) is 5.38. The van der Waals surface area contributed by atoms with Crippen LogP contribution in [0.25, 0.3) is 11.1 Å². The van der Waals surface area contributed by atoms with Crippen molar-refractivity contribution in [3.8, 4) is 16.9 Å².